The van der Waals surface area contributed by atoms with Gasteiger partial charge in [0.05, 0.1) is 13.2 Å². The van der Waals surface area contributed by atoms with Gasteiger partial charge >= 0.3 is 24.1 Å². The molecule has 0 unspecified atom stereocenters. The average molecular weight is 611 g/mol. The normalized spacial score (nSPS) is 13.0. The zero-order valence-corrected chi connectivity index (χ0v) is 26.6. The SMILES string of the molecule is CC(C)(C)OC(=O)N[C@@H](Cc1ccccc1)C(=O)OCC/C=C/CCOC(=O)[C@H](Cc1ccccc1)NC(=O)OC(C)(C)C. The molecule has 0 saturated carbocycles. The van der Waals surface area contributed by atoms with Gasteiger partial charge < -0.3 is 29.6 Å². The molecule has 0 bridgehead atoms. The van der Waals surface area contributed by atoms with Crippen LogP contribution in [0.2, 0.25) is 0 Å². The summed E-state index contributed by atoms with van der Waals surface area (Å²) in [6, 6.07) is 16.8. The van der Waals surface area contributed by atoms with Gasteiger partial charge in [-0.15, -0.1) is 0 Å². The molecule has 0 aliphatic rings. The highest BCUT2D eigenvalue weighted by Crippen LogP contribution is 2.11. The van der Waals surface area contributed by atoms with Crippen LogP contribution in [0.25, 0.3) is 0 Å². The van der Waals surface area contributed by atoms with E-state index in [9.17, 15) is 19.2 Å². The van der Waals surface area contributed by atoms with Gasteiger partial charge in [0.25, 0.3) is 0 Å². The van der Waals surface area contributed by atoms with Crippen molar-refractivity contribution in [2.24, 2.45) is 0 Å². The first kappa shape index (κ1) is 35.9. The maximum atomic E-state index is 12.8. The number of hydrogen-bond donors (Lipinski definition) is 2. The van der Waals surface area contributed by atoms with Gasteiger partial charge in [-0.1, -0.05) is 72.8 Å². The van der Waals surface area contributed by atoms with Crippen LogP contribution in [0.3, 0.4) is 0 Å². The number of benzene rings is 2. The Balaban J connectivity index is 1.81. The molecule has 2 aromatic rings. The van der Waals surface area contributed by atoms with Crippen LogP contribution in [-0.4, -0.2) is 60.6 Å². The molecule has 0 heterocycles. The smallest absolute Gasteiger partial charge is 0.408 e. The Morgan fingerprint density at radius 2 is 0.955 bits per heavy atom. The molecule has 0 fully saturated rings. The Kier molecular flexibility index (Phi) is 14.4. The van der Waals surface area contributed by atoms with Crippen molar-refractivity contribution in [1.82, 2.24) is 10.6 Å². The van der Waals surface area contributed by atoms with E-state index in [1.165, 1.54) is 0 Å². The molecule has 2 aromatic carbocycles. The van der Waals surface area contributed by atoms with E-state index in [0.29, 0.717) is 12.8 Å². The molecule has 2 N–H and O–H groups in total. The molecular formula is C34H46N2O8. The Labute approximate surface area is 260 Å². The molecule has 0 radical (unpaired) electrons. The zero-order valence-electron chi connectivity index (χ0n) is 26.6. The van der Waals surface area contributed by atoms with Crippen LogP contribution >= 0.6 is 0 Å². The van der Waals surface area contributed by atoms with Crippen LogP contribution in [0, 0.1) is 0 Å². The third-order valence-electron chi connectivity index (χ3n) is 5.74. The minimum atomic E-state index is -0.909. The summed E-state index contributed by atoms with van der Waals surface area (Å²) in [6.07, 6.45) is 3.61. The number of nitrogens with one attached hydrogen (secondary N) is 2. The van der Waals surface area contributed by atoms with Crippen LogP contribution in [0.1, 0.15) is 65.5 Å². The predicted octanol–water partition coefficient (Wildman–Crippen LogP) is 5.68. The molecule has 10 heteroatoms. The van der Waals surface area contributed by atoms with E-state index in [0.717, 1.165) is 11.1 Å². The summed E-state index contributed by atoms with van der Waals surface area (Å²) < 4.78 is 21.4. The van der Waals surface area contributed by atoms with Gasteiger partial charge in [-0.3, -0.25) is 0 Å². The van der Waals surface area contributed by atoms with Crippen LogP contribution < -0.4 is 10.6 Å². The van der Waals surface area contributed by atoms with E-state index in [4.69, 9.17) is 18.9 Å². The molecule has 2 rings (SSSR count). The minimum absolute atomic E-state index is 0.107. The first-order valence-electron chi connectivity index (χ1n) is 14.8. The lowest BCUT2D eigenvalue weighted by molar-refractivity contribution is -0.146. The number of hydrogen-bond acceptors (Lipinski definition) is 8. The Morgan fingerprint density at radius 3 is 1.27 bits per heavy atom. The Bertz CT molecular complexity index is 1120. The van der Waals surface area contributed by atoms with Gasteiger partial charge in [0, 0.05) is 12.8 Å². The van der Waals surface area contributed by atoms with Crippen LogP contribution in [0.15, 0.2) is 72.8 Å². The van der Waals surface area contributed by atoms with E-state index in [2.05, 4.69) is 10.6 Å². The highest BCUT2D eigenvalue weighted by atomic mass is 16.6. The third kappa shape index (κ3) is 15.8. The predicted molar refractivity (Wildman–Crippen MR) is 167 cm³/mol. The molecule has 0 spiro atoms. The van der Waals surface area contributed by atoms with E-state index < -0.39 is 47.4 Å². The molecule has 240 valence electrons. The molecule has 2 amide bonds. The van der Waals surface area contributed by atoms with Gasteiger partial charge in [0.15, 0.2) is 0 Å². The first-order valence-corrected chi connectivity index (χ1v) is 14.8. The van der Waals surface area contributed by atoms with Crippen LogP contribution in [-0.2, 0) is 41.4 Å². The quantitative estimate of drug-likeness (QED) is 0.121. The van der Waals surface area contributed by atoms with Crippen molar-refractivity contribution >= 4 is 24.1 Å². The zero-order chi connectivity index (χ0) is 32.6. The van der Waals surface area contributed by atoms with Gasteiger partial charge in [-0.05, 0) is 65.5 Å². The fraction of sp³-hybridized carbons (Fsp3) is 0.471. The van der Waals surface area contributed by atoms with Crippen molar-refractivity contribution in [2.45, 2.75) is 90.5 Å². The molecule has 0 saturated heterocycles. The van der Waals surface area contributed by atoms with Crippen LogP contribution in [0.5, 0.6) is 0 Å². The second-order valence-corrected chi connectivity index (χ2v) is 12.2. The van der Waals surface area contributed by atoms with Crippen molar-refractivity contribution in [3.63, 3.8) is 0 Å². The summed E-state index contributed by atoms with van der Waals surface area (Å²) in [5, 5.41) is 5.22. The minimum Gasteiger partial charge on any atom is -0.464 e. The van der Waals surface area contributed by atoms with E-state index in [-0.39, 0.29) is 26.1 Å². The summed E-state index contributed by atoms with van der Waals surface area (Å²) >= 11 is 0. The van der Waals surface area contributed by atoms with Crippen molar-refractivity contribution < 1.29 is 38.1 Å². The summed E-state index contributed by atoms with van der Waals surface area (Å²) in [7, 11) is 0. The number of ether oxygens (including phenoxy) is 4. The van der Waals surface area contributed by atoms with E-state index in [1.807, 2.05) is 72.8 Å². The van der Waals surface area contributed by atoms with E-state index in [1.54, 1.807) is 41.5 Å². The fourth-order valence-corrected chi connectivity index (χ4v) is 3.88. The van der Waals surface area contributed by atoms with Gasteiger partial charge in [0.1, 0.15) is 23.3 Å². The second kappa shape index (κ2) is 17.7. The molecule has 0 aromatic heterocycles. The Hall–Kier alpha value is -4.34. The summed E-state index contributed by atoms with van der Waals surface area (Å²) in [5.41, 5.74) is 0.323. The second-order valence-electron chi connectivity index (χ2n) is 12.2. The molecule has 44 heavy (non-hydrogen) atoms. The highest BCUT2D eigenvalue weighted by molar-refractivity contribution is 5.82. The van der Waals surface area contributed by atoms with Crippen molar-refractivity contribution in [3.8, 4) is 0 Å². The molecule has 0 aliphatic carbocycles. The maximum Gasteiger partial charge on any atom is 0.408 e. The van der Waals surface area contributed by atoms with Gasteiger partial charge in [-0.25, -0.2) is 19.2 Å². The standard InChI is InChI=1S/C34H46N2O8/c1-33(2,3)43-31(39)35-27(23-25-17-11-9-12-18-25)29(37)41-21-15-7-8-16-22-42-30(38)28(24-26-19-13-10-14-20-26)36-32(40)44-34(4,5)6/h7-14,17-20,27-28H,15-16,21-24H2,1-6H3,(H,35,39)(H,36,40)/b8-7+/t27-,28-/m0/s1. The highest BCUT2D eigenvalue weighted by Gasteiger charge is 2.27. The molecule has 2 atom stereocenters. The largest absolute Gasteiger partial charge is 0.464 e. The number of rotatable bonds is 14. The average Bonchev–Trinajstić information content (AvgIpc) is 2.92. The summed E-state index contributed by atoms with van der Waals surface area (Å²) in [5.74, 6) is -1.13. The topological polar surface area (TPSA) is 129 Å². The van der Waals surface area contributed by atoms with Gasteiger partial charge in [0.2, 0.25) is 0 Å². The summed E-state index contributed by atoms with van der Waals surface area (Å²) in [4.78, 5) is 50.2. The monoisotopic (exact) mass is 610 g/mol. The van der Waals surface area contributed by atoms with Crippen LogP contribution in [0.4, 0.5) is 9.59 Å². The third-order valence-corrected chi connectivity index (χ3v) is 5.74. The number of carbonyl (C=O) groups excluding carboxylic acids is 4. The lowest BCUT2D eigenvalue weighted by Crippen LogP contribution is -2.45. The lowest BCUT2D eigenvalue weighted by Gasteiger charge is -2.23. The van der Waals surface area contributed by atoms with Crippen molar-refractivity contribution in [2.75, 3.05) is 13.2 Å². The number of carbonyl (C=O) groups is 4. The molecule has 10 nitrogen and oxygen atoms in total. The number of amides is 2. The van der Waals surface area contributed by atoms with E-state index >= 15 is 0 Å². The molecule has 0 aliphatic heterocycles. The first-order chi connectivity index (χ1) is 20.7. The number of alkyl carbamates (subject to hydrolysis) is 2. The Morgan fingerprint density at radius 1 is 0.614 bits per heavy atom. The van der Waals surface area contributed by atoms with Crippen molar-refractivity contribution in [3.05, 3.63) is 83.9 Å². The number of esters is 2. The fourth-order valence-electron chi connectivity index (χ4n) is 3.88. The maximum absolute atomic E-state index is 12.8. The van der Waals surface area contributed by atoms with Crippen molar-refractivity contribution in [1.29, 1.82) is 0 Å². The molecular weight excluding hydrogens is 564 g/mol. The van der Waals surface area contributed by atoms with Gasteiger partial charge in [-0.2, -0.15) is 0 Å². The summed E-state index contributed by atoms with van der Waals surface area (Å²) in [6.45, 7) is 10.7. The lowest BCUT2D eigenvalue weighted by atomic mass is 10.1.